The Morgan fingerprint density at radius 3 is 2.44 bits per heavy atom. The lowest BCUT2D eigenvalue weighted by Gasteiger charge is -2.13. The first kappa shape index (κ1) is 13.9. The van der Waals surface area contributed by atoms with Crippen molar-refractivity contribution >= 4 is 39.1 Å². The van der Waals surface area contributed by atoms with Gasteiger partial charge in [0.1, 0.15) is 0 Å². The molecule has 0 spiro atoms. The average Bonchev–Trinajstić information content (AvgIpc) is 2.35. The molecule has 0 radical (unpaired) electrons. The molecule has 0 N–H and O–H groups in total. The van der Waals surface area contributed by atoms with Crippen LogP contribution in [0.5, 0.6) is 0 Å². The van der Waals surface area contributed by atoms with Gasteiger partial charge in [-0.15, -0.1) is 0 Å². The number of benzene rings is 2. The van der Waals surface area contributed by atoms with Crippen LogP contribution in [-0.4, -0.2) is 0 Å². The van der Waals surface area contributed by atoms with Crippen LogP contribution in [0.15, 0.2) is 42.5 Å². The van der Waals surface area contributed by atoms with Crippen molar-refractivity contribution in [3.8, 4) is 0 Å². The van der Waals surface area contributed by atoms with Crippen molar-refractivity contribution < 1.29 is 0 Å². The standard InChI is InChI=1S/C15H13BrCl2/c1-10-4-2-3-5-11(10)8-13(16)12-6-7-14(17)15(18)9-12/h2-7,9,13H,8H2,1H3. The molecule has 0 aromatic heterocycles. The van der Waals surface area contributed by atoms with E-state index < -0.39 is 0 Å². The smallest absolute Gasteiger partial charge is 0.0595 e. The van der Waals surface area contributed by atoms with Crippen molar-refractivity contribution in [3.05, 3.63) is 69.2 Å². The largest absolute Gasteiger partial charge is 0.0835 e. The van der Waals surface area contributed by atoms with E-state index in [1.807, 2.05) is 18.2 Å². The Labute approximate surface area is 126 Å². The minimum Gasteiger partial charge on any atom is -0.0835 e. The van der Waals surface area contributed by atoms with Gasteiger partial charge in [-0.25, -0.2) is 0 Å². The van der Waals surface area contributed by atoms with E-state index >= 15 is 0 Å². The summed E-state index contributed by atoms with van der Waals surface area (Å²) in [6, 6.07) is 14.2. The second-order valence-corrected chi connectivity index (χ2v) is 6.19. The van der Waals surface area contributed by atoms with Crippen molar-refractivity contribution in [2.45, 2.75) is 18.2 Å². The average molecular weight is 344 g/mol. The molecule has 2 aromatic rings. The van der Waals surface area contributed by atoms with Crippen LogP contribution < -0.4 is 0 Å². The molecule has 0 saturated heterocycles. The second kappa shape index (κ2) is 6.10. The molecule has 0 aliphatic heterocycles. The van der Waals surface area contributed by atoms with E-state index in [9.17, 15) is 0 Å². The lowest BCUT2D eigenvalue weighted by atomic mass is 10.0. The highest BCUT2D eigenvalue weighted by Gasteiger charge is 2.11. The Bertz CT molecular complexity index is 552. The number of aryl methyl sites for hydroxylation is 1. The summed E-state index contributed by atoms with van der Waals surface area (Å²) >= 11 is 15.7. The van der Waals surface area contributed by atoms with Crippen LogP contribution in [0.4, 0.5) is 0 Å². The van der Waals surface area contributed by atoms with Gasteiger partial charge in [-0.3, -0.25) is 0 Å². The molecular weight excluding hydrogens is 331 g/mol. The number of hydrogen-bond acceptors (Lipinski definition) is 0. The lowest BCUT2D eigenvalue weighted by Crippen LogP contribution is -1.97. The van der Waals surface area contributed by atoms with E-state index in [-0.39, 0.29) is 4.83 Å². The van der Waals surface area contributed by atoms with Crippen molar-refractivity contribution in [1.82, 2.24) is 0 Å². The Morgan fingerprint density at radius 1 is 1.06 bits per heavy atom. The Hall–Kier alpha value is -0.500. The van der Waals surface area contributed by atoms with Crippen LogP contribution in [0.2, 0.25) is 10.0 Å². The first-order valence-corrected chi connectivity index (χ1v) is 7.38. The van der Waals surface area contributed by atoms with Crippen LogP contribution in [-0.2, 0) is 6.42 Å². The monoisotopic (exact) mass is 342 g/mol. The fourth-order valence-corrected chi connectivity index (χ4v) is 2.80. The molecule has 0 fully saturated rings. The van der Waals surface area contributed by atoms with E-state index in [0.29, 0.717) is 10.0 Å². The molecule has 94 valence electrons. The molecule has 2 rings (SSSR count). The summed E-state index contributed by atoms with van der Waals surface area (Å²) in [4.78, 5) is 0.244. The number of halogens is 3. The van der Waals surface area contributed by atoms with Crippen LogP contribution in [0.1, 0.15) is 21.5 Å². The van der Waals surface area contributed by atoms with Gasteiger partial charge >= 0.3 is 0 Å². The topological polar surface area (TPSA) is 0 Å². The van der Waals surface area contributed by atoms with Gasteiger partial charge in [0, 0.05) is 4.83 Å². The Balaban J connectivity index is 2.19. The molecule has 0 amide bonds. The Kier molecular flexibility index (Phi) is 4.71. The van der Waals surface area contributed by atoms with Gasteiger partial charge in [0.2, 0.25) is 0 Å². The molecule has 18 heavy (non-hydrogen) atoms. The number of hydrogen-bond donors (Lipinski definition) is 0. The zero-order chi connectivity index (χ0) is 13.1. The molecule has 0 saturated carbocycles. The van der Waals surface area contributed by atoms with E-state index in [1.54, 1.807) is 0 Å². The first-order chi connectivity index (χ1) is 8.58. The summed E-state index contributed by atoms with van der Waals surface area (Å²) in [5.41, 5.74) is 3.79. The molecule has 0 aliphatic rings. The van der Waals surface area contributed by atoms with Crippen LogP contribution in [0.3, 0.4) is 0 Å². The zero-order valence-electron chi connectivity index (χ0n) is 9.96. The van der Waals surface area contributed by atoms with Crippen LogP contribution >= 0.6 is 39.1 Å². The third-order valence-electron chi connectivity index (χ3n) is 2.97. The van der Waals surface area contributed by atoms with Crippen LogP contribution in [0, 0.1) is 6.92 Å². The molecule has 0 nitrogen and oxygen atoms in total. The maximum Gasteiger partial charge on any atom is 0.0595 e. The maximum absolute atomic E-state index is 6.04. The predicted octanol–water partition coefficient (Wildman–Crippen LogP) is 5.98. The predicted molar refractivity (Wildman–Crippen MR) is 83.0 cm³/mol. The molecule has 0 aliphatic carbocycles. The van der Waals surface area contributed by atoms with Gasteiger partial charge in [-0.1, -0.05) is 69.5 Å². The quantitative estimate of drug-likeness (QED) is 0.601. The van der Waals surface area contributed by atoms with Crippen molar-refractivity contribution in [1.29, 1.82) is 0 Å². The minimum absolute atomic E-state index is 0.244. The normalized spacial score (nSPS) is 12.4. The highest BCUT2D eigenvalue weighted by molar-refractivity contribution is 9.09. The van der Waals surface area contributed by atoms with E-state index in [0.717, 1.165) is 12.0 Å². The van der Waals surface area contributed by atoms with Gasteiger partial charge in [0.25, 0.3) is 0 Å². The third-order valence-corrected chi connectivity index (χ3v) is 4.56. The van der Waals surface area contributed by atoms with Gasteiger partial charge in [-0.2, -0.15) is 0 Å². The minimum atomic E-state index is 0.244. The summed E-state index contributed by atoms with van der Waals surface area (Å²) in [6.45, 7) is 2.13. The SMILES string of the molecule is Cc1ccccc1CC(Br)c1ccc(Cl)c(Cl)c1. The number of alkyl halides is 1. The molecule has 0 heterocycles. The molecular formula is C15H13BrCl2. The van der Waals surface area contributed by atoms with Gasteiger partial charge in [0.05, 0.1) is 10.0 Å². The van der Waals surface area contributed by atoms with Gasteiger partial charge in [-0.05, 0) is 42.2 Å². The molecule has 1 atom stereocenters. The lowest BCUT2D eigenvalue weighted by molar-refractivity contribution is 0.939. The fourth-order valence-electron chi connectivity index (χ4n) is 1.86. The van der Waals surface area contributed by atoms with Crippen molar-refractivity contribution in [2.75, 3.05) is 0 Å². The zero-order valence-corrected chi connectivity index (χ0v) is 13.1. The molecule has 2 aromatic carbocycles. The molecule has 3 heteroatoms. The molecule has 1 unspecified atom stereocenters. The van der Waals surface area contributed by atoms with Gasteiger partial charge in [0.15, 0.2) is 0 Å². The summed E-state index contributed by atoms with van der Waals surface area (Å²) < 4.78 is 0. The Morgan fingerprint density at radius 2 is 1.78 bits per heavy atom. The van der Waals surface area contributed by atoms with E-state index in [1.165, 1.54) is 11.1 Å². The third kappa shape index (κ3) is 3.28. The van der Waals surface area contributed by atoms with E-state index in [2.05, 4.69) is 47.1 Å². The first-order valence-electron chi connectivity index (χ1n) is 5.71. The molecule has 0 bridgehead atoms. The summed E-state index contributed by atoms with van der Waals surface area (Å²) in [6.07, 6.45) is 0.935. The number of rotatable bonds is 3. The fraction of sp³-hybridized carbons (Fsp3) is 0.200. The van der Waals surface area contributed by atoms with E-state index in [4.69, 9.17) is 23.2 Å². The summed E-state index contributed by atoms with van der Waals surface area (Å²) in [5, 5.41) is 1.19. The highest BCUT2D eigenvalue weighted by Crippen LogP contribution is 2.32. The maximum atomic E-state index is 6.04. The van der Waals surface area contributed by atoms with Crippen molar-refractivity contribution in [3.63, 3.8) is 0 Å². The summed E-state index contributed by atoms with van der Waals surface area (Å²) in [7, 11) is 0. The summed E-state index contributed by atoms with van der Waals surface area (Å²) in [5.74, 6) is 0. The highest BCUT2D eigenvalue weighted by atomic mass is 79.9. The van der Waals surface area contributed by atoms with Gasteiger partial charge < -0.3 is 0 Å². The van der Waals surface area contributed by atoms with Crippen LogP contribution in [0.25, 0.3) is 0 Å². The van der Waals surface area contributed by atoms with Crippen molar-refractivity contribution in [2.24, 2.45) is 0 Å². The second-order valence-electron chi connectivity index (χ2n) is 4.27.